The molecule has 3 rings (SSSR count). The van der Waals surface area contributed by atoms with Crippen LogP contribution < -0.4 is 15.0 Å². The fourth-order valence-electron chi connectivity index (χ4n) is 3.26. The number of nitrogens with zero attached hydrogens (tertiary/aromatic N) is 3. The molecule has 7 heteroatoms. The second-order valence-corrected chi connectivity index (χ2v) is 6.76. The van der Waals surface area contributed by atoms with Gasteiger partial charge in [-0.05, 0) is 24.3 Å². The molecule has 0 saturated carbocycles. The molecule has 2 aromatic rings. The summed E-state index contributed by atoms with van der Waals surface area (Å²) >= 11 is 6.03. The van der Waals surface area contributed by atoms with Crippen LogP contribution in [0.25, 0.3) is 0 Å². The highest BCUT2D eigenvalue weighted by Gasteiger charge is 2.21. The number of rotatable bonds is 4. The van der Waals surface area contributed by atoms with E-state index in [4.69, 9.17) is 16.3 Å². The van der Waals surface area contributed by atoms with Crippen molar-refractivity contribution >= 4 is 23.2 Å². The van der Waals surface area contributed by atoms with E-state index in [1.54, 1.807) is 20.2 Å². The molecule has 0 aromatic heterocycles. The Bertz CT molecular complexity index is 804. The van der Waals surface area contributed by atoms with E-state index >= 15 is 0 Å². The van der Waals surface area contributed by atoms with Crippen molar-refractivity contribution in [3.8, 4) is 11.5 Å². The lowest BCUT2D eigenvalue weighted by Crippen LogP contribution is -2.52. The van der Waals surface area contributed by atoms with Gasteiger partial charge in [0, 0.05) is 50.4 Å². The summed E-state index contributed by atoms with van der Waals surface area (Å²) in [7, 11) is 3.43. The maximum absolute atomic E-state index is 10.1. The van der Waals surface area contributed by atoms with Crippen LogP contribution in [0.3, 0.4) is 0 Å². The van der Waals surface area contributed by atoms with Crippen molar-refractivity contribution in [1.29, 1.82) is 0 Å². The number of phenols is 1. The van der Waals surface area contributed by atoms with Crippen LogP contribution >= 0.6 is 11.6 Å². The molecular weight excluding hydrogens is 364 g/mol. The molecule has 1 fully saturated rings. The van der Waals surface area contributed by atoms with E-state index in [0.717, 1.165) is 49.1 Å². The highest BCUT2D eigenvalue weighted by atomic mass is 35.5. The minimum absolute atomic E-state index is 0.322. The molecule has 27 heavy (non-hydrogen) atoms. The summed E-state index contributed by atoms with van der Waals surface area (Å²) in [6, 6.07) is 13.1. The molecule has 0 radical (unpaired) electrons. The zero-order chi connectivity index (χ0) is 19.2. The van der Waals surface area contributed by atoms with Crippen LogP contribution in [-0.4, -0.2) is 56.3 Å². The normalized spacial score (nSPS) is 15.0. The van der Waals surface area contributed by atoms with Crippen LogP contribution in [0.4, 0.5) is 5.69 Å². The summed E-state index contributed by atoms with van der Waals surface area (Å²) in [5.74, 6) is 1.93. The van der Waals surface area contributed by atoms with E-state index < -0.39 is 0 Å². The number of nitrogens with one attached hydrogen (secondary N) is 1. The van der Waals surface area contributed by atoms with Crippen LogP contribution in [0.15, 0.2) is 47.5 Å². The number of anilines is 1. The minimum Gasteiger partial charge on any atom is -0.506 e. The van der Waals surface area contributed by atoms with Gasteiger partial charge in [-0.3, -0.25) is 4.99 Å². The number of aliphatic imine (C=N–C) groups is 1. The first-order chi connectivity index (χ1) is 13.1. The van der Waals surface area contributed by atoms with E-state index in [0.29, 0.717) is 17.3 Å². The Kier molecular flexibility index (Phi) is 6.29. The average molecular weight is 389 g/mol. The number of methoxy groups -OCH3 is 1. The molecule has 0 atom stereocenters. The van der Waals surface area contributed by atoms with Crippen molar-refractivity contribution in [2.24, 2.45) is 4.99 Å². The van der Waals surface area contributed by atoms with Gasteiger partial charge in [0.1, 0.15) is 11.5 Å². The molecule has 6 nitrogen and oxygen atoms in total. The van der Waals surface area contributed by atoms with Crippen molar-refractivity contribution in [3.63, 3.8) is 0 Å². The van der Waals surface area contributed by atoms with Gasteiger partial charge in [0.15, 0.2) is 5.96 Å². The molecule has 2 N–H and O–H groups in total. The van der Waals surface area contributed by atoms with Gasteiger partial charge in [-0.2, -0.15) is 0 Å². The Morgan fingerprint density at radius 2 is 1.93 bits per heavy atom. The maximum Gasteiger partial charge on any atom is 0.194 e. The molecule has 0 unspecified atom stereocenters. The Hall–Kier alpha value is -2.60. The Balaban J connectivity index is 1.59. The number of phenolic OH excluding ortho intramolecular Hbond substituents is 1. The van der Waals surface area contributed by atoms with Gasteiger partial charge in [0.2, 0.25) is 0 Å². The third-order valence-corrected chi connectivity index (χ3v) is 4.93. The van der Waals surface area contributed by atoms with Crippen LogP contribution in [0.5, 0.6) is 11.5 Å². The molecule has 0 spiro atoms. The van der Waals surface area contributed by atoms with Crippen molar-refractivity contribution < 1.29 is 9.84 Å². The maximum atomic E-state index is 10.1. The van der Waals surface area contributed by atoms with E-state index in [2.05, 4.69) is 20.1 Å². The van der Waals surface area contributed by atoms with Gasteiger partial charge in [-0.15, -0.1) is 0 Å². The number of hydrogen-bond acceptors (Lipinski definition) is 4. The second-order valence-electron chi connectivity index (χ2n) is 6.32. The molecule has 1 heterocycles. The van der Waals surface area contributed by atoms with E-state index in [1.807, 2.05) is 36.4 Å². The van der Waals surface area contributed by atoms with Crippen molar-refractivity contribution in [1.82, 2.24) is 10.2 Å². The first kappa shape index (κ1) is 19.2. The summed E-state index contributed by atoms with van der Waals surface area (Å²) < 4.78 is 5.40. The van der Waals surface area contributed by atoms with E-state index in [9.17, 15) is 5.11 Å². The van der Waals surface area contributed by atoms with Crippen molar-refractivity contribution in [3.05, 3.63) is 53.1 Å². The summed E-state index contributed by atoms with van der Waals surface area (Å²) in [5.41, 5.74) is 1.90. The first-order valence-corrected chi connectivity index (χ1v) is 9.31. The fraction of sp³-hybridized carbons (Fsp3) is 0.350. The Morgan fingerprint density at radius 1 is 1.19 bits per heavy atom. The summed E-state index contributed by atoms with van der Waals surface area (Å²) in [5, 5.41) is 14.1. The number of para-hydroxylation sites is 2. The molecule has 0 bridgehead atoms. The number of halogens is 1. The van der Waals surface area contributed by atoms with Crippen LogP contribution in [-0.2, 0) is 6.54 Å². The third-order valence-electron chi connectivity index (χ3n) is 4.70. The molecule has 1 saturated heterocycles. The predicted molar refractivity (Wildman–Crippen MR) is 110 cm³/mol. The lowest BCUT2D eigenvalue weighted by atomic mass is 10.2. The largest absolute Gasteiger partial charge is 0.506 e. The van der Waals surface area contributed by atoms with Crippen molar-refractivity contribution in [2.45, 2.75) is 6.54 Å². The van der Waals surface area contributed by atoms with Gasteiger partial charge in [0.05, 0.1) is 12.8 Å². The second kappa shape index (κ2) is 8.86. The zero-order valence-corrected chi connectivity index (χ0v) is 16.4. The lowest BCUT2D eigenvalue weighted by molar-refractivity contribution is 0.368. The first-order valence-electron chi connectivity index (χ1n) is 8.93. The Morgan fingerprint density at radius 3 is 2.59 bits per heavy atom. The standard InChI is InChI=1S/C20H25ClN4O2/c1-22-20(23-14-15-7-8-16(21)13-19(15)27-2)25-11-9-24(10-12-25)17-5-3-4-6-18(17)26/h3-8,13,26H,9-12,14H2,1-2H3,(H,22,23). The van der Waals surface area contributed by atoms with Gasteiger partial charge >= 0.3 is 0 Å². The SMILES string of the molecule is CN=C(NCc1ccc(Cl)cc1OC)N1CCN(c2ccccc2O)CC1. The number of ether oxygens (including phenoxy) is 1. The summed E-state index contributed by atoms with van der Waals surface area (Å²) in [6.45, 7) is 3.90. The summed E-state index contributed by atoms with van der Waals surface area (Å²) in [4.78, 5) is 8.83. The number of aromatic hydroxyl groups is 1. The molecule has 1 aliphatic rings. The number of hydrogen-bond donors (Lipinski definition) is 2. The third kappa shape index (κ3) is 4.57. The highest BCUT2D eigenvalue weighted by Crippen LogP contribution is 2.27. The molecule has 1 aliphatic heterocycles. The number of guanidine groups is 1. The molecule has 144 valence electrons. The lowest BCUT2D eigenvalue weighted by Gasteiger charge is -2.37. The molecule has 0 aliphatic carbocycles. The average Bonchev–Trinajstić information content (AvgIpc) is 2.70. The molecular formula is C20H25ClN4O2. The predicted octanol–water partition coefficient (Wildman–Crippen LogP) is 2.95. The quantitative estimate of drug-likeness (QED) is 0.623. The van der Waals surface area contributed by atoms with E-state index in [1.165, 1.54) is 0 Å². The Labute approximate surface area is 165 Å². The molecule has 0 amide bonds. The monoisotopic (exact) mass is 388 g/mol. The van der Waals surface area contributed by atoms with Crippen LogP contribution in [0.1, 0.15) is 5.56 Å². The zero-order valence-electron chi connectivity index (χ0n) is 15.7. The minimum atomic E-state index is 0.322. The fourth-order valence-corrected chi connectivity index (χ4v) is 3.42. The summed E-state index contributed by atoms with van der Waals surface area (Å²) in [6.07, 6.45) is 0. The van der Waals surface area contributed by atoms with Gasteiger partial charge in [-0.25, -0.2) is 0 Å². The molecule has 2 aromatic carbocycles. The van der Waals surface area contributed by atoms with E-state index in [-0.39, 0.29) is 0 Å². The highest BCUT2D eigenvalue weighted by molar-refractivity contribution is 6.30. The van der Waals surface area contributed by atoms with Crippen molar-refractivity contribution in [2.75, 3.05) is 45.2 Å². The van der Waals surface area contributed by atoms with Crippen LogP contribution in [0.2, 0.25) is 5.02 Å². The number of benzene rings is 2. The van der Waals surface area contributed by atoms with Gasteiger partial charge in [0.25, 0.3) is 0 Å². The smallest absolute Gasteiger partial charge is 0.194 e. The van der Waals surface area contributed by atoms with Gasteiger partial charge in [-0.1, -0.05) is 29.8 Å². The van der Waals surface area contributed by atoms with Crippen LogP contribution in [0, 0.1) is 0 Å². The topological polar surface area (TPSA) is 60.3 Å². The number of piperazine rings is 1. The van der Waals surface area contributed by atoms with Gasteiger partial charge < -0.3 is 25.0 Å².